The van der Waals surface area contributed by atoms with Crippen molar-refractivity contribution in [1.82, 2.24) is 0 Å². The maximum absolute atomic E-state index is 14.0. The van der Waals surface area contributed by atoms with Gasteiger partial charge in [-0.1, -0.05) is 186 Å². The zero-order chi connectivity index (χ0) is 36.2. The normalized spacial score (nSPS) is 20.5. The molecule has 3 rings (SSSR count). The molecule has 6 heteroatoms. The number of carbonyl (C=O) groups is 1. The van der Waals surface area contributed by atoms with Crippen molar-refractivity contribution in [3.05, 3.63) is 60.7 Å². The molecule has 1 aliphatic heterocycles. The monoisotopic (exact) mass is 708 g/mol. The van der Waals surface area contributed by atoms with E-state index >= 15 is 0 Å². The van der Waals surface area contributed by atoms with Crippen molar-refractivity contribution in [2.45, 2.75) is 180 Å². The second kappa shape index (κ2) is 18.7. The molecule has 0 unspecified atom stereocenters. The van der Waals surface area contributed by atoms with E-state index in [2.05, 4.69) is 129 Å². The van der Waals surface area contributed by atoms with Gasteiger partial charge in [-0.25, -0.2) is 0 Å². The predicted octanol–water partition coefficient (Wildman–Crippen LogP) is 11.4. The number of hydrogen-bond donors (Lipinski definition) is 0. The average Bonchev–Trinajstić information content (AvgIpc) is 3.27. The number of esters is 1. The average molecular weight is 709 g/mol. The largest absolute Gasteiger partial charge is 0.456 e. The van der Waals surface area contributed by atoms with Crippen LogP contribution in [0.4, 0.5) is 0 Å². The maximum Gasteiger partial charge on any atom is 0.314 e. The third kappa shape index (κ3) is 11.1. The summed E-state index contributed by atoms with van der Waals surface area (Å²) in [5, 5.41) is 2.28. The van der Waals surface area contributed by atoms with Crippen LogP contribution in [0.3, 0.4) is 0 Å². The Kier molecular flexibility index (Phi) is 15.9. The SMILES string of the molecule is CCCCCCCCCCCCCCC[C@@]1(C)OC(=O)[C@@H](CO[Si](c2ccccc2)(c2ccccc2)C(C)(C)C)[C@@H]1O[Si](C)(C)C(C)(C)C. The van der Waals surface area contributed by atoms with E-state index < -0.39 is 28.2 Å². The van der Waals surface area contributed by atoms with E-state index in [1.54, 1.807) is 0 Å². The van der Waals surface area contributed by atoms with E-state index in [1.165, 1.54) is 87.4 Å². The molecule has 276 valence electrons. The first kappa shape index (κ1) is 41.7. The lowest BCUT2D eigenvalue weighted by molar-refractivity contribution is -0.151. The quantitative estimate of drug-likeness (QED) is 0.0736. The van der Waals surface area contributed by atoms with E-state index in [-0.39, 0.29) is 22.1 Å². The van der Waals surface area contributed by atoms with Crippen LogP contribution in [0.15, 0.2) is 60.7 Å². The second-order valence-corrected chi connectivity index (χ2v) is 26.7. The molecule has 0 spiro atoms. The molecule has 2 aromatic carbocycles. The van der Waals surface area contributed by atoms with Crippen molar-refractivity contribution >= 4 is 33.0 Å². The molecule has 0 saturated carbocycles. The Morgan fingerprint density at radius 2 is 1.10 bits per heavy atom. The molecule has 0 amide bonds. The molecule has 2 aromatic rings. The number of hydrogen-bond acceptors (Lipinski definition) is 4. The number of ether oxygens (including phenoxy) is 1. The molecular weight excluding hydrogens is 637 g/mol. The summed E-state index contributed by atoms with van der Waals surface area (Å²) in [5.41, 5.74) is -0.663. The Balaban J connectivity index is 1.74. The molecule has 0 aromatic heterocycles. The smallest absolute Gasteiger partial charge is 0.314 e. The summed E-state index contributed by atoms with van der Waals surface area (Å²) in [6.07, 6.45) is 17.6. The minimum atomic E-state index is -2.83. The van der Waals surface area contributed by atoms with Gasteiger partial charge in [-0.05, 0) is 53.3 Å². The van der Waals surface area contributed by atoms with Crippen molar-refractivity contribution in [3.8, 4) is 0 Å². The molecule has 0 bridgehead atoms. The Morgan fingerprint density at radius 3 is 1.51 bits per heavy atom. The molecule has 49 heavy (non-hydrogen) atoms. The van der Waals surface area contributed by atoms with Gasteiger partial charge in [0.2, 0.25) is 0 Å². The van der Waals surface area contributed by atoms with Crippen LogP contribution >= 0.6 is 0 Å². The van der Waals surface area contributed by atoms with Gasteiger partial charge in [-0.2, -0.15) is 0 Å². The molecular formula is C43H72O4Si2. The zero-order valence-electron chi connectivity index (χ0n) is 33.2. The van der Waals surface area contributed by atoms with Gasteiger partial charge in [0, 0.05) is 0 Å². The van der Waals surface area contributed by atoms with Crippen molar-refractivity contribution in [2.75, 3.05) is 6.61 Å². The van der Waals surface area contributed by atoms with Crippen LogP contribution in [0.5, 0.6) is 0 Å². The van der Waals surface area contributed by atoms with Crippen molar-refractivity contribution in [3.63, 3.8) is 0 Å². The fourth-order valence-electron chi connectivity index (χ4n) is 7.43. The van der Waals surface area contributed by atoms with Gasteiger partial charge in [0.1, 0.15) is 17.6 Å². The van der Waals surface area contributed by atoms with Crippen LogP contribution in [0.1, 0.15) is 145 Å². The molecule has 0 aliphatic carbocycles. The van der Waals surface area contributed by atoms with Crippen LogP contribution in [-0.2, 0) is 18.4 Å². The van der Waals surface area contributed by atoms with Gasteiger partial charge < -0.3 is 13.6 Å². The first-order chi connectivity index (χ1) is 23.1. The highest BCUT2D eigenvalue weighted by Crippen LogP contribution is 2.46. The molecule has 1 aliphatic rings. The predicted molar refractivity (Wildman–Crippen MR) is 214 cm³/mol. The van der Waals surface area contributed by atoms with E-state index in [1.807, 2.05) is 0 Å². The van der Waals surface area contributed by atoms with E-state index in [9.17, 15) is 4.79 Å². The Hall–Kier alpha value is -1.74. The lowest BCUT2D eigenvalue weighted by Gasteiger charge is -2.45. The summed E-state index contributed by atoms with van der Waals surface area (Å²) >= 11 is 0. The zero-order valence-corrected chi connectivity index (χ0v) is 35.2. The number of unbranched alkanes of at least 4 members (excludes halogenated alkanes) is 12. The third-order valence-electron chi connectivity index (χ3n) is 11.5. The summed E-state index contributed by atoms with van der Waals surface area (Å²) in [6.45, 7) is 23.0. The number of carbonyl (C=O) groups excluding carboxylic acids is 1. The van der Waals surface area contributed by atoms with Crippen molar-refractivity contribution in [2.24, 2.45) is 5.92 Å². The summed E-state index contributed by atoms with van der Waals surface area (Å²) in [6, 6.07) is 21.4. The summed E-state index contributed by atoms with van der Waals surface area (Å²) in [4.78, 5) is 14.0. The van der Waals surface area contributed by atoms with E-state index in [0.29, 0.717) is 6.61 Å². The minimum absolute atomic E-state index is 0.0124. The first-order valence-electron chi connectivity index (χ1n) is 19.7. The molecule has 1 fully saturated rings. The molecule has 0 radical (unpaired) electrons. The highest BCUT2D eigenvalue weighted by molar-refractivity contribution is 6.99. The van der Waals surface area contributed by atoms with Gasteiger partial charge >= 0.3 is 5.97 Å². The lowest BCUT2D eigenvalue weighted by Crippen LogP contribution is -2.67. The Labute approximate surface area is 303 Å². The van der Waals surface area contributed by atoms with Crippen LogP contribution in [-0.4, -0.2) is 40.9 Å². The van der Waals surface area contributed by atoms with Crippen LogP contribution < -0.4 is 10.4 Å². The van der Waals surface area contributed by atoms with Crippen molar-refractivity contribution < 1.29 is 18.4 Å². The molecule has 4 nitrogen and oxygen atoms in total. The fourth-order valence-corrected chi connectivity index (χ4v) is 13.4. The number of benzene rings is 2. The maximum atomic E-state index is 14.0. The standard InChI is InChI=1S/C43H72O4Si2/c1-11-12-13-14-15-16-17-18-19-20-21-22-29-34-43(8)39(47-48(9,10)41(2,3)4)38(40(44)46-43)35-45-49(42(5,6)7,36-30-25-23-26-31-36)37-32-27-24-28-33-37/h23-28,30-33,38-39H,11-22,29,34-35H2,1-10H3/t38-,39-,43+/m0/s1. The number of rotatable bonds is 21. The van der Waals surface area contributed by atoms with E-state index in [4.69, 9.17) is 13.6 Å². The van der Waals surface area contributed by atoms with E-state index in [0.717, 1.165) is 12.8 Å². The summed E-state index contributed by atoms with van der Waals surface area (Å²) in [7, 11) is -5.06. The summed E-state index contributed by atoms with van der Waals surface area (Å²) in [5.74, 6) is -0.637. The molecule has 1 heterocycles. The Morgan fingerprint density at radius 1 is 0.673 bits per heavy atom. The van der Waals surface area contributed by atoms with Crippen LogP contribution in [0.2, 0.25) is 23.2 Å². The highest BCUT2D eigenvalue weighted by Gasteiger charge is 2.58. The molecule has 0 N–H and O–H groups in total. The fraction of sp³-hybridized carbons (Fsp3) is 0.698. The summed E-state index contributed by atoms with van der Waals surface area (Å²) < 4.78 is 21.0. The van der Waals surface area contributed by atoms with Gasteiger partial charge in [0.15, 0.2) is 8.32 Å². The molecule has 3 atom stereocenters. The topological polar surface area (TPSA) is 44.8 Å². The third-order valence-corrected chi connectivity index (χ3v) is 21.0. The van der Waals surface area contributed by atoms with Crippen LogP contribution in [0.25, 0.3) is 0 Å². The van der Waals surface area contributed by atoms with Crippen molar-refractivity contribution in [1.29, 1.82) is 0 Å². The van der Waals surface area contributed by atoms with Crippen LogP contribution in [0, 0.1) is 5.92 Å². The lowest BCUT2D eigenvalue weighted by atomic mass is 9.87. The first-order valence-corrected chi connectivity index (χ1v) is 24.6. The van der Waals surface area contributed by atoms with Gasteiger partial charge in [0.05, 0.1) is 6.61 Å². The molecule has 1 saturated heterocycles. The highest BCUT2D eigenvalue weighted by atomic mass is 28.4. The minimum Gasteiger partial charge on any atom is -0.456 e. The van der Waals surface area contributed by atoms with Gasteiger partial charge in [0.25, 0.3) is 8.32 Å². The number of cyclic esters (lactones) is 1. The second-order valence-electron chi connectivity index (χ2n) is 17.6. The Bertz CT molecular complexity index is 1190. The van der Waals surface area contributed by atoms with Gasteiger partial charge in [-0.15, -0.1) is 0 Å². The van der Waals surface area contributed by atoms with Gasteiger partial charge in [-0.3, -0.25) is 4.79 Å².